The van der Waals surface area contributed by atoms with Gasteiger partial charge in [0.1, 0.15) is 17.2 Å². The quantitative estimate of drug-likeness (QED) is 0.299. The maximum atomic E-state index is 11.7. The summed E-state index contributed by atoms with van der Waals surface area (Å²) < 4.78 is 31.1. The highest BCUT2D eigenvalue weighted by Gasteiger charge is 2.30. The Morgan fingerprint density at radius 2 is 1.63 bits per heavy atom. The van der Waals surface area contributed by atoms with Crippen LogP contribution in [0.5, 0.6) is 17.2 Å². The second-order valence-corrected chi connectivity index (χ2v) is 9.22. The van der Waals surface area contributed by atoms with Crippen molar-refractivity contribution in [3.63, 3.8) is 0 Å². The third kappa shape index (κ3) is 5.15. The molecule has 1 aliphatic heterocycles. The first-order valence-electron chi connectivity index (χ1n) is 11.1. The topological polar surface area (TPSA) is 77.8 Å². The Balaban J connectivity index is 1.73. The molecule has 7 heteroatoms. The van der Waals surface area contributed by atoms with Crippen molar-refractivity contribution >= 4 is 33.4 Å². The summed E-state index contributed by atoms with van der Waals surface area (Å²) in [5, 5.41) is 0. The van der Waals surface area contributed by atoms with E-state index < -0.39 is 10.7 Å². The third-order valence-corrected chi connectivity index (χ3v) is 7.17. The van der Waals surface area contributed by atoms with Crippen LogP contribution in [0.2, 0.25) is 0 Å². The molecule has 1 atom stereocenters. The third-order valence-electron chi connectivity index (χ3n) is 5.56. The average molecular weight is 490 g/mol. The summed E-state index contributed by atoms with van der Waals surface area (Å²) in [4.78, 5) is 13.3. The summed E-state index contributed by atoms with van der Waals surface area (Å²) in [6.45, 7) is 4.07. The van der Waals surface area contributed by atoms with Gasteiger partial charge in [0, 0.05) is 16.5 Å². The zero-order valence-corrected chi connectivity index (χ0v) is 20.9. The van der Waals surface area contributed by atoms with Gasteiger partial charge in [-0.1, -0.05) is 6.07 Å². The van der Waals surface area contributed by atoms with Crippen molar-refractivity contribution in [2.24, 2.45) is 0 Å². The van der Waals surface area contributed by atoms with Crippen LogP contribution in [0.25, 0.3) is 16.7 Å². The summed E-state index contributed by atoms with van der Waals surface area (Å²) in [5.74, 6) is 2.39. The molecule has 1 heterocycles. The average Bonchev–Trinajstić information content (AvgIpc) is 3.14. The summed E-state index contributed by atoms with van der Waals surface area (Å²) in [5.41, 5.74) is 3.62. The number of hydrogen-bond donors (Lipinski definition) is 1. The first-order chi connectivity index (χ1) is 16.9. The molecular formula is C28H27NO5S. The molecule has 0 fully saturated rings. The molecular weight excluding hydrogens is 462 g/mol. The van der Waals surface area contributed by atoms with E-state index >= 15 is 0 Å². The van der Waals surface area contributed by atoms with Gasteiger partial charge in [0.15, 0.2) is 5.76 Å². The van der Waals surface area contributed by atoms with Crippen LogP contribution in [-0.4, -0.2) is 26.8 Å². The van der Waals surface area contributed by atoms with E-state index in [1.165, 1.54) is 6.08 Å². The largest absolute Gasteiger partial charge is 0.497 e. The van der Waals surface area contributed by atoms with Gasteiger partial charge in [-0.25, -0.2) is 4.79 Å². The summed E-state index contributed by atoms with van der Waals surface area (Å²) in [6.07, 6.45) is 3.15. The zero-order chi connectivity index (χ0) is 24.9. The number of fused-ring (bicyclic) bond motifs is 1. The smallest absolute Gasteiger partial charge is 0.330 e. The fourth-order valence-electron chi connectivity index (χ4n) is 3.77. The number of hydrogen-bond acceptors (Lipinski definition) is 6. The predicted octanol–water partition coefficient (Wildman–Crippen LogP) is 6.25. The highest BCUT2D eigenvalue weighted by molar-refractivity contribution is 7.96. The summed E-state index contributed by atoms with van der Waals surface area (Å²) >= 11 is 0. The Morgan fingerprint density at radius 1 is 0.943 bits per heavy atom. The predicted molar refractivity (Wildman–Crippen MR) is 139 cm³/mol. The van der Waals surface area contributed by atoms with Gasteiger partial charge in [0.2, 0.25) is 0 Å². The second kappa shape index (κ2) is 10.6. The van der Waals surface area contributed by atoms with Gasteiger partial charge in [0.05, 0.1) is 25.7 Å². The first kappa shape index (κ1) is 24.3. The normalized spacial score (nSPS) is 14.7. The van der Waals surface area contributed by atoms with Crippen molar-refractivity contribution in [2.75, 3.05) is 20.8 Å². The van der Waals surface area contributed by atoms with Crippen molar-refractivity contribution in [1.82, 2.24) is 0 Å². The number of ether oxygens (including phenoxy) is 4. The van der Waals surface area contributed by atoms with Crippen LogP contribution in [0.15, 0.2) is 71.6 Å². The van der Waals surface area contributed by atoms with Gasteiger partial charge < -0.3 is 18.9 Å². The monoisotopic (exact) mass is 489 g/mol. The number of methoxy groups -OCH3 is 2. The molecule has 180 valence electrons. The standard InChI is InChI=1S/C28H27NO5S/c1-5-33-26(30)15-9-19-6-12-23(16-18(19)2)34-27-24-14-13-22(32-4)17-25(24)35(29)28(27)20-7-10-21(31-3)11-8-20/h6-17,29H,5H2,1-4H3/b15-9+. The number of benzene rings is 3. The van der Waals surface area contributed by atoms with Crippen molar-refractivity contribution in [3.05, 3.63) is 89.0 Å². The minimum atomic E-state index is -0.960. The van der Waals surface area contributed by atoms with Crippen LogP contribution in [0.1, 0.15) is 29.2 Å². The molecule has 3 aromatic carbocycles. The van der Waals surface area contributed by atoms with Crippen LogP contribution in [0.3, 0.4) is 0 Å². The Labute approximate surface area is 207 Å². The molecule has 6 nitrogen and oxygen atoms in total. The molecule has 1 unspecified atom stereocenters. The van der Waals surface area contributed by atoms with Gasteiger partial charge in [-0.3, -0.25) is 4.78 Å². The molecule has 0 radical (unpaired) electrons. The lowest BCUT2D eigenvalue weighted by Crippen LogP contribution is -1.99. The molecule has 4 rings (SSSR count). The van der Waals surface area contributed by atoms with Crippen molar-refractivity contribution < 1.29 is 23.7 Å². The molecule has 35 heavy (non-hydrogen) atoms. The Kier molecular flexibility index (Phi) is 7.36. The molecule has 0 spiro atoms. The Morgan fingerprint density at radius 3 is 2.29 bits per heavy atom. The SMILES string of the molecule is CCOC(=O)/C=C/c1ccc(OC2=C(c3ccc(OC)cc3)S(=N)c3cc(OC)ccc32)cc1C. The highest BCUT2D eigenvalue weighted by Crippen LogP contribution is 2.44. The van der Waals surface area contributed by atoms with E-state index in [9.17, 15) is 4.79 Å². The highest BCUT2D eigenvalue weighted by atomic mass is 32.2. The van der Waals surface area contributed by atoms with E-state index in [1.807, 2.05) is 67.6 Å². The van der Waals surface area contributed by atoms with E-state index in [2.05, 4.69) is 0 Å². The molecule has 0 aliphatic carbocycles. The summed E-state index contributed by atoms with van der Waals surface area (Å²) in [7, 11) is 2.29. The number of nitrogens with one attached hydrogen (secondary N) is 1. The van der Waals surface area contributed by atoms with Crippen LogP contribution < -0.4 is 14.2 Å². The number of carbonyl (C=O) groups is 1. The zero-order valence-electron chi connectivity index (χ0n) is 20.1. The maximum Gasteiger partial charge on any atom is 0.330 e. The van der Waals surface area contributed by atoms with E-state index in [-0.39, 0.29) is 5.97 Å². The fraction of sp³-hybridized carbons (Fsp3) is 0.179. The summed E-state index contributed by atoms with van der Waals surface area (Å²) in [6, 6.07) is 19.1. The van der Waals surface area contributed by atoms with Gasteiger partial charge in [-0.05, 0) is 102 Å². The van der Waals surface area contributed by atoms with E-state index in [0.717, 1.165) is 37.8 Å². The second-order valence-electron chi connectivity index (χ2n) is 7.76. The van der Waals surface area contributed by atoms with Crippen LogP contribution in [0.4, 0.5) is 0 Å². The molecule has 0 aromatic heterocycles. The number of aryl methyl sites for hydroxylation is 1. The molecule has 0 bridgehead atoms. The van der Waals surface area contributed by atoms with Crippen LogP contribution >= 0.6 is 0 Å². The molecule has 3 aromatic rings. The lowest BCUT2D eigenvalue weighted by Gasteiger charge is -2.13. The molecule has 1 aliphatic rings. The van der Waals surface area contributed by atoms with Gasteiger partial charge in [-0.2, -0.15) is 0 Å². The van der Waals surface area contributed by atoms with E-state index in [0.29, 0.717) is 23.9 Å². The van der Waals surface area contributed by atoms with Gasteiger partial charge >= 0.3 is 5.97 Å². The Bertz CT molecular complexity index is 1340. The van der Waals surface area contributed by atoms with Crippen molar-refractivity contribution in [3.8, 4) is 17.2 Å². The van der Waals surface area contributed by atoms with Gasteiger partial charge in [-0.15, -0.1) is 0 Å². The minimum absolute atomic E-state index is 0.339. The number of rotatable bonds is 8. The lowest BCUT2D eigenvalue weighted by atomic mass is 10.1. The first-order valence-corrected chi connectivity index (χ1v) is 12.3. The van der Waals surface area contributed by atoms with Crippen LogP contribution in [0, 0.1) is 11.7 Å². The fourth-order valence-corrected chi connectivity index (χ4v) is 5.31. The van der Waals surface area contributed by atoms with E-state index in [4.69, 9.17) is 23.7 Å². The number of esters is 1. The molecule has 1 N–H and O–H groups in total. The van der Waals surface area contributed by atoms with Crippen molar-refractivity contribution in [2.45, 2.75) is 18.7 Å². The molecule has 0 amide bonds. The minimum Gasteiger partial charge on any atom is -0.497 e. The van der Waals surface area contributed by atoms with Crippen molar-refractivity contribution in [1.29, 1.82) is 4.78 Å². The van der Waals surface area contributed by atoms with Gasteiger partial charge in [0.25, 0.3) is 0 Å². The lowest BCUT2D eigenvalue weighted by molar-refractivity contribution is -0.137. The van der Waals surface area contributed by atoms with Crippen LogP contribution in [-0.2, 0) is 20.2 Å². The number of carbonyl (C=O) groups excluding carboxylic acids is 1. The Hall–Kier alpha value is -3.84. The molecule has 0 saturated carbocycles. The van der Waals surface area contributed by atoms with E-state index in [1.54, 1.807) is 27.2 Å². The molecule has 0 saturated heterocycles. The maximum absolute atomic E-state index is 11.7.